The highest BCUT2D eigenvalue weighted by molar-refractivity contribution is 6.31. The van der Waals surface area contributed by atoms with Crippen LogP contribution in [0.1, 0.15) is 38.6 Å². The lowest BCUT2D eigenvalue weighted by atomic mass is 10.0. The first kappa shape index (κ1) is 15.5. The summed E-state index contributed by atoms with van der Waals surface area (Å²) in [5, 5.41) is 5.15. The molecule has 2 N–H and O–H groups in total. The van der Waals surface area contributed by atoms with Crippen molar-refractivity contribution in [2.24, 2.45) is 12.8 Å². The molecule has 0 bridgehead atoms. The summed E-state index contributed by atoms with van der Waals surface area (Å²) in [7, 11) is 1.91. The Balaban J connectivity index is 2.80. The molecule has 0 saturated heterocycles. The van der Waals surface area contributed by atoms with Crippen LogP contribution in [0.3, 0.4) is 0 Å². The first-order valence-electron chi connectivity index (χ1n) is 6.62. The lowest BCUT2D eigenvalue weighted by molar-refractivity contribution is 0.0413. The molecule has 104 valence electrons. The van der Waals surface area contributed by atoms with Crippen molar-refractivity contribution in [3.8, 4) is 0 Å². The molecule has 0 radical (unpaired) electrons. The number of nitrogens with zero attached hydrogens (tertiary/aromatic N) is 2. The first-order chi connectivity index (χ1) is 8.54. The summed E-state index contributed by atoms with van der Waals surface area (Å²) in [6, 6.07) is -0.0486. The third-order valence-electron chi connectivity index (χ3n) is 3.19. The zero-order valence-electron chi connectivity index (χ0n) is 11.7. The summed E-state index contributed by atoms with van der Waals surface area (Å²) in [4.78, 5) is 0. The van der Waals surface area contributed by atoms with Crippen molar-refractivity contribution in [3.05, 3.63) is 16.4 Å². The lowest BCUT2D eigenvalue weighted by Gasteiger charge is -2.22. The van der Waals surface area contributed by atoms with Crippen molar-refractivity contribution < 1.29 is 4.74 Å². The molecular formula is C13H24ClN3O. The predicted molar refractivity (Wildman–Crippen MR) is 75.0 cm³/mol. The van der Waals surface area contributed by atoms with E-state index in [1.165, 1.54) is 0 Å². The van der Waals surface area contributed by atoms with Crippen LogP contribution in [0.5, 0.6) is 0 Å². The molecule has 0 aliphatic carbocycles. The monoisotopic (exact) mass is 273 g/mol. The summed E-state index contributed by atoms with van der Waals surface area (Å²) in [5.74, 6) is 0. The molecule has 0 fully saturated rings. The number of halogens is 1. The summed E-state index contributed by atoms with van der Waals surface area (Å²) < 4.78 is 7.47. The Hall–Kier alpha value is -0.580. The van der Waals surface area contributed by atoms with Crippen molar-refractivity contribution in [2.75, 3.05) is 6.61 Å². The van der Waals surface area contributed by atoms with Gasteiger partial charge in [0.2, 0.25) is 0 Å². The Morgan fingerprint density at radius 2 is 2.06 bits per heavy atom. The van der Waals surface area contributed by atoms with Gasteiger partial charge in [0.05, 0.1) is 22.5 Å². The summed E-state index contributed by atoms with van der Waals surface area (Å²) >= 11 is 6.32. The van der Waals surface area contributed by atoms with Crippen LogP contribution >= 0.6 is 11.6 Å². The van der Waals surface area contributed by atoms with E-state index in [4.69, 9.17) is 22.1 Å². The van der Waals surface area contributed by atoms with E-state index in [0.717, 1.165) is 29.3 Å². The normalized spacial score (nSPS) is 14.8. The van der Waals surface area contributed by atoms with Crippen molar-refractivity contribution in [3.63, 3.8) is 0 Å². The third kappa shape index (κ3) is 3.46. The third-order valence-corrected chi connectivity index (χ3v) is 3.63. The van der Waals surface area contributed by atoms with Gasteiger partial charge in [-0.25, -0.2) is 0 Å². The lowest BCUT2D eigenvalue weighted by Crippen LogP contribution is -2.38. The molecule has 2 atom stereocenters. The Labute approximate surface area is 114 Å². The maximum atomic E-state index is 6.32. The van der Waals surface area contributed by atoms with E-state index >= 15 is 0 Å². The fourth-order valence-corrected chi connectivity index (χ4v) is 2.53. The Kier molecular flexibility index (Phi) is 6.12. The summed E-state index contributed by atoms with van der Waals surface area (Å²) in [6.45, 7) is 6.81. The second kappa shape index (κ2) is 7.12. The number of hydrogen-bond donors (Lipinski definition) is 1. The summed E-state index contributed by atoms with van der Waals surface area (Å²) in [6.07, 6.45) is 2.52. The predicted octanol–water partition coefficient (Wildman–Crippen LogP) is 2.32. The summed E-state index contributed by atoms with van der Waals surface area (Å²) in [5.41, 5.74) is 8.15. The first-order valence-corrected chi connectivity index (χ1v) is 7.00. The van der Waals surface area contributed by atoms with Gasteiger partial charge in [-0.1, -0.05) is 25.4 Å². The van der Waals surface area contributed by atoms with Crippen molar-refractivity contribution >= 4 is 11.6 Å². The molecule has 0 spiro atoms. The van der Waals surface area contributed by atoms with Gasteiger partial charge in [0.25, 0.3) is 0 Å². The highest BCUT2D eigenvalue weighted by Gasteiger charge is 2.21. The minimum absolute atomic E-state index is 0.0486. The van der Waals surface area contributed by atoms with Gasteiger partial charge in [-0.05, 0) is 19.8 Å². The average molecular weight is 274 g/mol. The van der Waals surface area contributed by atoms with Gasteiger partial charge < -0.3 is 10.5 Å². The molecule has 1 rings (SSSR count). The molecule has 1 aromatic rings. The number of aryl methyl sites for hydroxylation is 2. The van der Waals surface area contributed by atoms with Gasteiger partial charge in [0, 0.05) is 26.1 Å². The van der Waals surface area contributed by atoms with Crippen molar-refractivity contribution in [2.45, 2.75) is 52.2 Å². The molecule has 0 aromatic carbocycles. The molecule has 18 heavy (non-hydrogen) atoms. The maximum Gasteiger partial charge on any atom is 0.0850 e. The van der Waals surface area contributed by atoms with Crippen LogP contribution in [0.15, 0.2) is 0 Å². The van der Waals surface area contributed by atoms with E-state index in [2.05, 4.69) is 12.0 Å². The van der Waals surface area contributed by atoms with E-state index in [0.29, 0.717) is 13.0 Å². The second-order valence-electron chi connectivity index (χ2n) is 4.45. The van der Waals surface area contributed by atoms with Gasteiger partial charge >= 0.3 is 0 Å². The number of rotatable bonds is 7. The molecule has 0 saturated carbocycles. The Morgan fingerprint density at radius 3 is 2.50 bits per heavy atom. The Bertz CT molecular complexity index is 379. The van der Waals surface area contributed by atoms with Crippen LogP contribution in [0.2, 0.25) is 5.02 Å². The molecule has 2 unspecified atom stereocenters. The standard InChI is InChI=1S/C13H24ClN3O/c1-5-10-13(14)11(17(4)16-10)8-9(15)12(6-2)18-7-3/h9,12H,5-8,15H2,1-4H3. The van der Waals surface area contributed by atoms with Crippen LogP contribution in [0.4, 0.5) is 0 Å². The van der Waals surface area contributed by atoms with Crippen LogP contribution in [-0.2, 0) is 24.6 Å². The highest BCUT2D eigenvalue weighted by Crippen LogP contribution is 2.22. The number of aromatic nitrogens is 2. The van der Waals surface area contributed by atoms with Gasteiger partial charge in [-0.2, -0.15) is 5.10 Å². The number of ether oxygens (including phenoxy) is 1. The van der Waals surface area contributed by atoms with Crippen molar-refractivity contribution in [1.82, 2.24) is 9.78 Å². The van der Waals surface area contributed by atoms with E-state index in [1.54, 1.807) is 0 Å². The van der Waals surface area contributed by atoms with E-state index in [-0.39, 0.29) is 12.1 Å². The van der Waals surface area contributed by atoms with Gasteiger partial charge in [-0.15, -0.1) is 0 Å². The Morgan fingerprint density at radius 1 is 1.39 bits per heavy atom. The molecule has 0 aliphatic rings. The molecule has 5 heteroatoms. The zero-order chi connectivity index (χ0) is 13.7. The van der Waals surface area contributed by atoms with Crippen LogP contribution in [-0.4, -0.2) is 28.5 Å². The second-order valence-corrected chi connectivity index (χ2v) is 4.83. The van der Waals surface area contributed by atoms with E-state index in [9.17, 15) is 0 Å². The molecule has 0 aliphatic heterocycles. The van der Waals surface area contributed by atoms with E-state index < -0.39 is 0 Å². The minimum Gasteiger partial charge on any atom is -0.377 e. The molecule has 1 heterocycles. The van der Waals surface area contributed by atoms with Crippen LogP contribution in [0.25, 0.3) is 0 Å². The largest absolute Gasteiger partial charge is 0.377 e. The zero-order valence-corrected chi connectivity index (χ0v) is 12.5. The molecular weight excluding hydrogens is 250 g/mol. The highest BCUT2D eigenvalue weighted by atomic mass is 35.5. The van der Waals surface area contributed by atoms with Crippen LogP contribution < -0.4 is 5.73 Å². The molecule has 4 nitrogen and oxygen atoms in total. The maximum absolute atomic E-state index is 6.32. The number of hydrogen-bond acceptors (Lipinski definition) is 3. The smallest absolute Gasteiger partial charge is 0.0850 e. The van der Waals surface area contributed by atoms with Crippen molar-refractivity contribution in [1.29, 1.82) is 0 Å². The van der Waals surface area contributed by atoms with E-state index in [1.807, 2.05) is 25.6 Å². The number of nitrogens with two attached hydrogens (primary N) is 1. The minimum atomic E-state index is -0.0486. The quantitative estimate of drug-likeness (QED) is 0.830. The molecule has 1 aromatic heterocycles. The molecule has 0 amide bonds. The van der Waals surface area contributed by atoms with Gasteiger partial charge in [0.1, 0.15) is 0 Å². The van der Waals surface area contributed by atoms with Gasteiger partial charge in [0.15, 0.2) is 0 Å². The fourth-order valence-electron chi connectivity index (χ4n) is 2.15. The average Bonchev–Trinajstić information content (AvgIpc) is 2.63. The SMILES string of the molecule is CCOC(CC)C(N)Cc1c(Cl)c(CC)nn1C. The fraction of sp³-hybridized carbons (Fsp3) is 0.769. The topological polar surface area (TPSA) is 53.1 Å². The van der Waals surface area contributed by atoms with Crippen LogP contribution in [0, 0.1) is 0 Å². The van der Waals surface area contributed by atoms with Gasteiger partial charge in [-0.3, -0.25) is 4.68 Å².